The average molecular weight is 205 g/mol. The third-order valence-electron chi connectivity index (χ3n) is 1.50. The van der Waals surface area contributed by atoms with Crippen LogP contribution < -0.4 is 0 Å². The molecular formula is C6H10BBrO2. The summed E-state index contributed by atoms with van der Waals surface area (Å²) < 4.78 is 10.7. The van der Waals surface area contributed by atoms with E-state index >= 15 is 0 Å². The molecule has 0 radical (unpaired) electrons. The molecule has 0 spiro atoms. The van der Waals surface area contributed by atoms with Crippen LogP contribution in [0.15, 0.2) is 12.3 Å². The average Bonchev–Trinajstić information content (AvgIpc) is 2.08. The van der Waals surface area contributed by atoms with Gasteiger partial charge in [0.25, 0.3) is 0 Å². The third-order valence-corrected chi connectivity index (χ3v) is 2.03. The molecule has 0 aliphatic carbocycles. The van der Waals surface area contributed by atoms with E-state index in [4.69, 9.17) is 9.31 Å². The summed E-state index contributed by atoms with van der Waals surface area (Å²) in [6.45, 7) is 7.62. The maximum absolute atomic E-state index is 5.44. The van der Waals surface area contributed by atoms with Crippen molar-refractivity contribution in [1.29, 1.82) is 0 Å². The van der Waals surface area contributed by atoms with Gasteiger partial charge in [-0.25, -0.2) is 0 Å². The monoisotopic (exact) mass is 204 g/mol. The minimum absolute atomic E-state index is 0.164. The predicted molar refractivity (Wildman–Crippen MR) is 44.9 cm³/mol. The first-order chi connectivity index (χ1) is 4.56. The summed E-state index contributed by atoms with van der Waals surface area (Å²) in [5.41, 5.74) is -0.321. The van der Waals surface area contributed by atoms with Gasteiger partial charge in [-0.1, -0.05) is 22.5 Å². The van der Waals surface area contributed by atoms with Gasteiger partial charge in [0.05, 0.1) is 11.0 Å². The molecular weight excluding hydrogens is 195 g/mol. The molecule has 0 saturated carbocycles. The van der Waals surface area contributed by atoms with Gasteiger partial charge in [0.15, 0.2) is 0 Å². The van der Waals surface area contributed by atoms with Crippen LogP contribution in [0.1, 0.15) is 13.8 Å². The van der Waals surface area contributed by atoms with Crippen LogP contribution in [0.3, 0.4) is 0 Å². The van der Waals surface area contributed by atoms with Gasteiger partial charge in [-0.2, -0.15) is 0 Å². The first-order valence-electron chi connectivity index (χ1n) is 3.16. The minimum Gasteiger partial charge on any atom is -0.537 e. The van der Waals surface area contributed by atoms with Gasteiger partial charge in [0, 0.05) is 0 Å². The molecule has 0 N–H and O–H groups in total. The zero-order valence-corrected chi connectivity index (χ0v) is 7.77. The highest BCUT2D eigenvalue weighted by atomic mass is 79.9. The second-order valence-electron chi connectivity index (χ2n) is 2.75. The highest BCUT2D eigenvalue weighted by molar-refractivity contribution is 9.09. The van der Waals surface area contributed by atoms with Gasteiger partial charge < -0.3 is 9.31 Å². The van der Waals surface area contributed by atoms with Gasteiger partial charge >= 0.3 is 7.12 Å². The fourth-order valence-electron chi connectivity index (χ4n) is 0.782. The van der Waals surface area contributed by atoms with Gasteiger partial charge in [0.2, 0.25) is 0 Å². The highest BCUT2D eigenvalue weighted by Gasteiger charge is 2.40. The molecule has 1 aliphatic heterocycles. The molecule has 1 rings (SSSR count). The third kappa shape index (κ3) is 1.37. The molecule has 2 nitrogen and oxygen atoms in total. The van der Waals surface area contributed by atoms with Gasteiger partial charge in [-0.15, -0.1) is 0 Å². The highest BCUT2D eigenvalue weighted by Crippen LogP contribution is 2.29. The van der Waals surface area contributed by atoms with E-state index in [2.05, 4.69) is 22.5 Å². The van der Waals surface area contributed by atoms with Crippen molar-refractivity contribution >= 4 is 23.0 Å². The summed E-state index contributed by atoms with van der Waals surface area (Å²) in [7, 11) is -0.164. The Hall–Kier alpha value is 0.0449. The quantitative estimate of drug-likeness (QED) is 0.479. The zero-order valence-electron chi connectivity index (χ0n) is 6.19. The lowest BCUT2D eigenvalue weighted by Crippen LogP contribution is -2.24. The van der Waals surface area contributed by atoms with Gasteiger partial charge in [0.1, 0.15) is 5.60 Å². The lowest BCUT2D eigenvalue weighted by Gasteiger charge is -2.15. The Morgan fingerprint density at radius 2 is 2.30 bits per heavy atom. The molecule has 56 valence electrons. The summed E-state index contributed by atoms with van der Waals surface area (Å²) in [6, 6.07) is 0. The summed E-state index contributed by atoms with van der Waals surface area (Å²) in [5.74, 6) is 0.706. The van der Waals surface area contributed by atoms with Crippen molar-refractivity contribution in [1.82, 2.24) is 0 Å². The fourth-order valence-corrected chi connectivity index (χ4v) is 1.05. The van der Waals surface area contributed by atoms with Crippen molar-refractivity contribution in [3.8, 4) is 0 Å². The SMILES string of the molecule is C=C1OB(CBr)OC1(C)C. The molecule has 10 heavy (non-hydrogen) atoms. The molecule has 0 atom stereocenters. The van der Waals surface area contributed by atoms with Gasteiger partial charge in [-0.3, -0.25) is 0 Å². The van der Waals surface area contributed by atoms with Crippen molar-refractivity contribution in [2.24, 2.45) is 0 Å². The molecule has 0 amide bonds. The van der Waals surface area contributed by atoms with E-state index in [1.165, 1.54) is 0 Å². The van der Waals surface area contributed by atoms with Crippen molar-refractivity contribution in [2.45, 2.75) is 19.4 Å². The molecule has 0 aromatic heterocycles. The second kappa shape index (κ2) is 2.59. The molecule has 0 aromatic rings. The molecule has 1 saturated heterocycles. The first-order valence-corrected chi connectivity index (χ1v) is 4.28. The van der Waals surface area contributed by atoms with E-state index in [1.807, 2.05) is 13.8 Å². The lowest BCUT2D eigenvalue weighted by atomic mass is 9.96. The van der Waals surface area contributed by atoms with Crippen LogP contribution in [-0.2, 0) is 9.31 Å². The van der Waals surface area contributed by atoms with E-state index in [9.17, 15) is 0 Å². The Balaban J connectivity index is 2.62. The van der Waals surface area contributed by atoms with Crippen LogP contribution in [0.2, 0.25) is 0 Å². The Kier molecular flexibility index (Phi) is 2.11. The van der Waals surface area contributed by atoms with Crippen molar-refractivity contribution in [3.63, 3.8) is 0 Å². The topological polar surface area (TPSA) is 18.5 Å². The van der Waals surface area contributed by atoms with Crippen LogP contribution >= 0.6 is 15.9 Å². The van der Waals surface area contributed by atoms with Crippen LogP contribution in [-0.4, -0.2) is 17.9 Å². The number of alkyl halides is 1. The van der Waals surface area contributed by atoms with Crippen LogP contribution in [0, 0.1) is 0 Å². The van der Waals surface area contributed by atoms with E-state index in [1.54, 1.807) is 0 Å². The number of hydrogen-bond acceptors (Lipinski definition) is 2. The molecule has 1 aliphatic rings. The van der Waals surface area contributed by atoms with Crippen molar-refractivity contribution < 1.29 is 9.31 Å². The van der Waals surface area contributed by atoms with Crippen molar-refractivity contribution in [2.75, 3.05) is 5.23 Å². The normalized spacial score (nSPS) is 23.1. The molecule has 0 bridgehead atoms. The van der Waals surface area contributed by atoms with Crippen LogP contribution in [0.5, 0.6) is 0 Å². The predicted octanol–water partition coefficient (Wildman–Crippen LogP) is 1.75. The Bertz CT molecular complexity index is 158. The summed E-state index contributed by atoms with van der Waals surface area (Å²) in [6.07, 6.45) is 0. The number of rotatable bonds is 1. The summed E-state index contributed by atoms with van der Waals surface area (Å²) in [5, 5.41) is 0.690. The summed E-state index contributed by atoms with van der Waals surface area (Å²) in [4.78, 5) is 0. The van der Waals surface area contributed by atoms with Gasteiger partial charge in [-0.05, 0) is 13.8 Å². The smallest absolute Gasteiger partial charge is 0.537 e. The zero-order chi connectivity index (χ0) is 7.78. The number of hydrogen-bond donors (Lipinski definition) is 0. The van der Waals surface area contributed by atoms with Crippen molar-refractivity contribution in [3.05, 3.63) is 12.3 Å². The maximum atomic E-state index is 5.44. The van der Waals surface area contributed by atoms with E-state index in [0.29, 0.717) is 11.0 Å². The lowest BCUT2D eigenvalue weighted by molar-refractivity contribution is 0.171. The molecule has 1 heterocycles. The van der Waals surface area contributed by atoms with Crippen LogP contribution in [0.25, 0.3) is 0 Å². The van der Waals surface area contributed by atoms with E-state index in [0.717, 1.165) is 0 Å². The van der Waals surface area contributed by atoms with E-state index < -0.39 is 0 Å². The minimum atomic E-state index is -0.321. The Labute approximate surface area is 69.9 Å². The molecule has 4 heteroatoms. The number of halogens is 1. The molecule has 0 unspecified atom stereocenters. The molecule has 1 fully saturated rings. The Morgan fingerprint density at radius 1 is 1.70 bits per heavy atom. The first kappa shape index (κ1) is 8.14. The summed E-state index contributed by atoms with van der Waals surface area (Å²) >= 11 is 3.26. The largest absolute Gasteiger partial charge is 0.537 e. The standard InChI is InChI=1S/C6H10BBrO2/c1-5-6(2,3)10-7(4-8)9-5/h1,4H2,2-3H3. The van der Waals surface area contributed by atoms with E-state index in [-0.39, 0.29) is 12.7 Å². The Morgan fingerprint density at radius 3 is 2.50 bits per heavy atom. The van der Waals surface area contributed by atoms with Crippen LogP contribution in [0.4, 0.5) is 0 Å². The molecule has 0 aromatic carbocycles. The maximum Gasteiger partial charge on any atom is 0.537 e. The fraction of sp³-hybridized carbons (Fsp3) is 0.667. The second-order valence-corrected chi connectivity index (χ2v) is 3.40.